The Morgan fingerprint density at radius 1 is 0.767 bits per heavy atom. The maximum Gasteiger partial charge on any atom is 0.126 e. The van der Waals surface area contributed by atoms with E-state index in [9.17, 15) is 5.11 Å². The van der Waals surface area contributed by atoms with Crippen molar-refractivity contribution in [3.63, 3.8) is 0 Å². The van der Waals surface area contributed by atoms with E-state index >= 15 is 0 Å². The average molecular weight is 407 g/mol. The van der Waals surface area contributed by atoms with Crippen molar-refractivity contribution in [1.82, 2.24) is 0 Å². The summed E-state index contributed by atoms with van der Waals surface area (Å²) in [6.45, 7) is 7.18. The molecule has 0 aromatic heterocycles. The topological polar surface area (TPSA) is 20.2 Å². The molecular formula is C28H40NO+. The minimum atomic E-state index is -0.897. The molecule has 2 aromatic rings. The number of benzene rings is 2. The molecule has 0 radical (unpaired) electrons. The summed E-state index contributed by atoms with van der Waals surface area (Å²) in [7, 11) is 0. The van der Waals surface area contributed by atoms with Crippen molar-refractivity contribution in [2.75, 3.05) is 26.2 Å². The van der Waals surface area contributed by atoms with Crippen molar-refractivity contribution in [2.24, 2.45) is 5.41 Å². The predicted octanol–water partition coefficient (Wildman–Crippen LogP) is 6.28. The van der Waals surface area contributed by atoms with Crippen LogP contribution in [0.4, 0.5) is 0 Å². The summed E-state index contributed by atoms with van der Waals surface area (Å²) in [6, 6.07) is 20.9. The van der Waals surface area contributed by atoms with Gasteiger partial charge in [-0.05, 0) is 24.0 Å². The number of quaternary nitrogens is 1. The van der Waals surface area contributed by atoms with E-state index in [1.54, 1.807) is 0 Å². The Balaban J connectivity index is 1.49. The monoisotopic (exact) mass is 406 g/mol. The Kier molecular flexibility index (Phi) is 6.65. The summed E-state index contributed by atoms with van der Waals surface area (Å²) in [5.74, 6) is 0. The predicted molar refractivity (Wildman–Crippen MR) is 125 cm³/mol. The third-order valence-electron chi connectivity index (χ3n) is 8.15. The summed E-state index contributed by atoms with van der Waals surface area (Å²) in [5.41, 5.74) is 1.19. The molecule has 2 aromatic carbocycles. The molecular weight excluding hydrogens is 366 g/mol. The van der Waals surface area contributed by atoms with E-state index < -0.39 is 5.60 Å². The van der Waals surface area contributed by atoms with Gasteiger partial charge >= 0.3 is 0 Å². The summed E-state index contributed by atoms with van der Waals surface area (Å²) in [4.78, 5) is 0. The van der Waals surface area contributed by atoms with Crippen molar-refractivity contribution < 1.29 is 9.59 Å². The highest BCUT2D eigenvalue weighted by atomic mass is 16.3. The fourth-order valence-corrected chi connectivity index (χ4v) is 6.42. The maximum atomic E-state index is 12.4. The van der Waals surface area contributed by atoms with Crippen LogP contribution in [0.15, 0.2) is 60.7 Å². The second kappa shape index (κ2) is 9.24. The number of hydrogen-bond donors (Lipinski definition) is 1. The molecule has 0 aliphatic carbocycles. The van der Waals surface area contributed by atoms with E-state index in [4.69, 9.17) is 0 Å². The number of unbranched alkanes of at least 4 members (excludes halogenated alkanes) is 6. The van der Waals surface area contributed by atoms with Crippen molar-refractivity contribution in [2.45, 2.75) is 70.3 Å². The average Bonchev–Trinajstić information content (AvgIpc) is 3.37. The van der Waals surface area contributed by atoms with Crippen molar-refractivity contribution >= 4 is 0 Å². The minimum Gasteiger partial charge on any atom is -0.380 e. The number of fused-ring (bicyclic) bond motifs is 2. The van der Waals surface area contributed by atoms with Gasteiger partial charge in [-0.3, -0.25) is 0 Å². The molecule has 2 aliphatic rings. The molecule has 4 rings (SSSR count). The first kappa shape index (κ1) is 21.6. The number of aliphatic hydroxyl groups is 1. The first-order chi connectivity index (χ1) is 14.6. The zero-order valence-electron chi connectivity index (χ0n) is 18.9. The Labute approximate surface area is 183 Å². The molecule has 30 heavy (non-hydrogen) atoms. The van der Waals surface area contributed by atoms with Gasteiger partial charge in [-0.25, -0.2) is 0 Å². The lowest BCUT2D eigenvalue weighted by molar-refractivity contribution is -0.909. The lowest BCUT2D eigenvalue weighted by atomic mass is 9.63. The fourth-order valence-electron chi connectivity index (χ4n) is 6.42. The minimum absolute atomic E-state index is 0.0448. The summed E-state index contributed by atoms with van der Waals surface area (Å²) in [6.07, 6.45) is 11.9. The Bertz CT molecular complexity index is 737. The van der Waals surface area contributed by atoms with E-state index in [-0.39, 0.29) is 5.41 Å². The molecule has 2 heteroatoms. The normalized spacial score (nSPS) is 25.7. The molecule has 2 fully saturated rings. The van der Waals surface area contributed by atoms with Crippen LogP contribution in [0.2, 0.25) is 0 Å². The highest BCUT2D eigenvalue weighted by molar-refractivity contribution is 5.39. The molecule has 2 bridgehead atoms. The molecule has 2 heterocycles. The van der Waals surface area contributed by atoms with Crippen LogP contribution in [0.25, 0.3) is 0 Å². The largest absolute Gasteiger partial charge is 0.380 e. The molecule has 162 valence electrons. The Morgan fingerprint density at radius 3 is 1.80 bits per heavy atom. The fraction of sp³-hybridized carbons (Fsp3) is 0.571. The quantitative estimate of drug-likeness (QED) is 0.344. The van der Waals surface area contributed by atoms with Gasteiger partial charge in [-0.1, -0.05) is 99.7 Å². The smallest absolute Gasteiger partial charge is 0.126 e. The molecule has 2 aliphatic heterocycles. The first-order valence-electron chi connectivity index (χ1n) is 12.3. The molecule has 2 saturated heterocycles. The number of rotatable bonds is 11. The third kappa shape index (κ3) is 3.97. The van der Waals surface area contributed by atoms with Crippen LogP contribution < -0.4 is 0 Å². The van der Waals surface area contributed by atoms with Gasteiger partial charge in [0.1, 0.15) is 5.60 Å². The maximum absolute atomic E-state index is 12.4. The van der Waals surface area contributed by atoms with Crippen LogP contribution in [0, 0.1) is 5.41 Å². The summed E-state index contributed by atoms with van der Waals surface area (Å²) >= 11 is 0. The van der Waals surface area contributed by atoms with Crippen LogP contribution in [-0.4, -0.2) is 35.8 Å². The second-order valence-electron chi connectivity index (χ2n) is 10.0. The van der Waals surface area contributed by atoms with Crippen molar-refractivity contribution in [1.29, 1.82) is 0 Å². The van der Waals surface area contributed by atoms with Gasteiger partial charge in [0, 0.05) is 12.8 Å². The van der Waals surface area contributed by atoms with E-state index in [1.807, 2.05) is 0 Å². The number of piperidine rings is 1. The molecule has 0 unspecified atom stereocenters. The molecule has 0 atom stereocenters. The third-order valence-corrected chi connectivity index (χ3v) is 8.15. The van der Waals surface area contributed by atoms with Gasteiger partial charge in [0.15, 0.2) is 0 Å². The summed E-state index contributed by atoms with van der Waals surface area (Å²) in [5, 5.41) is 12.4. The van der Waals surface area contributed by atoms with E-state index in [1.165, 1.54) is 69.1 Å². The van der Waals surface area contributed by atoms with E-state index in [0.717, 1.165) is 30.5 Å². The lowest BCUT2D eigenvalue weighted by Gasteiger charge is -2.42. The molecule has 1 N–H and O–H groups in total. The van der Waals surface area contributed by atoms with Gasteiger partial charge in [0.25, 0.3) is 0 Å². The molecule has 0 amide bonds. The molecule has 0 spiro atoms. The van der Waals surface area contributed by atoms with Crippen LogP contribution in [-0.2, 0) is 5.60 Å². The van der Waals surface area contributed by atoms with Crippen molar-refractivity contribution in [3.05, 3.63) is 71.8 Å². The van der Waals surface area contributed by atoms with Gasteiger partial charge in [-0.15, -0.1) is 0 Å². The van der Waals surface area contributed by atoms with E-state index in [0.29, 0.717) is 0 Å². The lowest BCUT2D eigenvalue weighted by Crippen LogP contribution is -2.46. The van der Waals surface area contributed by atoms with Crippen LogP contribution in [0.5, 0.6) is 0 Å². The molecule has 0 saturated carbocycles. The standard InChI is InChI=1S/C28H40NO/c1-2-3-4-5-6-7-14-21-29-22-19-27(24-29,20-23-29)28(30,25-15-10-8-11-16-25)26-17-12-9-13-18-26/h8-13,15-18,30H,2-7,14,19-24H2,1H3/q+1. The van der Waals surface area contributed by atoms with Crippen LogP contribution in [0.3, 0.4) is 0 Å². The number of nitrogens with zero attached hydrogens (tertiary/aromatic N) is 1. The van der Waals surface area contributed by atoms with E-state index in [2.05, 4.69) is 67.6 Å². The Hall–Kier alpha value is -1.64. The second-order valence-corrected chi connectivity index (χ2v) is 10.0. The molecule has 2 nitrogen and oxygen atoms in total. The number of hydrogen-bond acceptors (Lipinski definition) is 1. The highest BCUT2D eigenvalue weighted by Crippen LogP contribution is 2.58. The van der Waals surface area contributed by atoms with Crippen LogP contribution >= 0.6 is 0 Å². The zero-order valence-corrected chi connectivity index (χ0v) is 18.9. The van der Waals surface area contributed by atoms with Gasteiger partial charge in [-0.2, -0.15) is 0 Å². The van der Waals surface area contributed by atoms with Gasteiger partial charge < -0.3 is 9.59 Å². The Morgan fingerprint density at radius 2 is 1.27 bits per heavy atom. The first-order valence-corrected chi connectivity index (χ1v) is 12.3. The van der Waals surface area contributed by atoms with Gasteiger partial charge in [0.05, 0.1) is 31.6 Å². The zero-order chi connectivity index (χ0) is 20.9. The van der Waals surface area contributed by atoms with Crippen molar-refractivity contribution in [3.8, 4) is 0 Å². The summed E-state index contributed by atoms with van der Waals surface area (Å²) < 4.78 is 1.23. The highest BCUT2D eigenvalue weighted by Gasteiger charge is 2.65. The van der Waals surface area contributed by atoms with Gasteiger partial charge in [0.2, 0.25) is 0 Å². The SMILES string of the molecule is CCCCCCCCC[N+]12CCC(C(O)(c3ccccc3)c3ccccc3)(CC1)C2. The van der Waals surface area contributed by atoms with Crippen LogP contribution in [0.1, 0.15) is 75.8 Å².